The molecule has 0 aromatic rings. The van der Waals surface area contributed by atoms with Crippen molar-refractivity contribution in [2.75, 3.05) is 19.1 Å². The van der Waals surface area contributed by atoms with E-state index in [0.717, 1.165) is 11.7 Å². The molecule has 0 radical (unpaired) electrons. The Morgan fingerprint density at radius 3 is 2.36 bits per heavy atom. The van der Waals surface area contributed by atoms with Gasteiger partial charge in [0.05, 0.1) is 0 Å². The summed E-state index contributed by atoms with van der Waals surface area (Å²) in [4.78, 5) is 2.39. The topological polar surface area (TPSA) is 20.3 Å². The van der Waals surface area contributed by atoms with Gasteiger partial charge in [-0.15, -0.1) is 0 Å². The first-order valence-electron chi connectivity index (χ1n) is 5.54. The van der Waals surface area contributed by atoms with Gasteiger partial charge in [0.25, 0.3) is 0 Å². The number of rotatable bonds is 5. The Morgan fingerprint density at radius 2 is 2.00 bits per heavy atom. The molecular formula is C11H23NOS. The van der Waals surface area contributed by atoms with E-state index in [1.54, 1.807) is 6.26 Å². The Balaban J connectivity index is 2.37. The molecule has 0 saturated heterocycles. The van der Waals surface area contributed by atoms with Crippen LogP contribution in [0.15, 0.2) is 0 Å². The largest absolute Gasteiger partial charge is 0.300 e. The van der Waals surface area contributed by atoms with E-state index < -0.39 is 10.8 Å². The molecule has 0 spiro atoms. The van der Waals surface area contributed by atoms with Crippen molar-refractivity contribution < 1.29 is 4.21 Å². The zero-order valence-corrected chi connectivity index (χ0v) is 10.6. The van der Waals surface area contributed by atoms with Crippen LogP contribution >= 0.6 is 0 Å². The molecule has 84 valence electrons. The molecule has 0 bridgehead atoms. The second-order valence-corrected chi connectivity index (χ2v) is 6.17. The molecule has 0 aromatic carbocycles. The number of hydrogen-bond acceptors (Lipinski definition) is 2. The molecule has 0 unspecified atom stereocenters. The molecule has 1 aliphatic rings. The minimum atomic E-state index is -0.672. The molecule has 1 saturated carbocycles. The van der Waals surface area contributed by atoms with Gasteiger partial charge >= 0.3 is 0 Å². The van der Waals surface area contributed by atoms with Crippen LogP contribution in [0.4, 0.5) is 0 Å². The van der Waals surface area contributed by atoms with Gasteiger partial charge in [-0.1, -0.05) is 6.42 Å². The van der Waals surface area contributed by atoms with Gasteiger partial charge in [0.1, 0.15) is 0 Å². The average Bonchev–Trinajstić information content (AvgIpc) is 1.98. The summed E-state index contributed by atoms with van der Waals surface area (Å²) in [5.41, 5.74) is 0. The maximum absolute atomic E-state index is 11.1. The second kappa shape index (κ2) is 5.26. The fraction of sp³-hybridized carbons (Fsp3) is 1.00. The van der Waals surface area contributed by atoms with Crippen LogP contribution in [-0.4, -0.2) is 40.2 Å². The summed E-state index contributed by atoms with van der Waals surface area (Å²) in [6.07, 6.45) is 5.95. The van der Waals surface area contributed by atoms with E-state index in [9.17, 15) is 4.21 Å². The van der Waals surface area contributed by atoms with Gasteiger partial charge in [0.15, 0.2) is 0 Å². The fourth-order valence-electron chi connectivity index (χ4n) is 2.11. The van der Waals surface area contributed by atoms with Crippen molar-refractivity contribution in [2.45, 2.75) is 45.2 Å². The van der Waals surface area contributed by atoms with E-state index in [1.807, 2.05) is 0 Å². The summed E-state index contributed by atoms with van der Waals surface area (Å²) in [6, 6.07) is 1.10. The quantitative estimate of drug-likeness (QED) is 0.701. The molecule has 0 aliphatic heterocycles. The highest BCUT2D eigenvalue weighted by atomic mass is 32.2. The highest BCUT2D eigenvalue weighted by Crippen LogP contribution is 2.32. The van der Waals surface area contributed by atoms with E-state index in [-0.39, 0.29) is 0 Å². The molecule has 0 N–H and O–H groups in total. The second-order valence-electron chi connectivity index (χ2n) is 4.69. The Kier molecular flexibility index (Phi) is 4.58. The fourth-order valence-corrected chi connectivity index (χ4v) is 3.03. The first kappa shape index (κ1) is 12.2. The van der Waals surface area contributed by atoms with E-state index in [4.69, 9.17) is 0 Å². The van der Waals surface area contributed by atoms with Gasteiger partial charge in [0.2, 0.25) is 0 Å². The van der Waals surface area contributed by atoms with Crippen LogP contribution in [0.25, 0.3) is 0 Å². The van der Waals surface area contributed by atoms with Gasteiger partial charge in [-0.2, -0.15) is 0 Å². The molecule has 1 fully saturated rings. The van der Waals surface area contributed by atoms with Crippen molar-refractivity contribution in [3.63, 3.8) is 0 Å². The summed E-state index contributed by atoms with van der Waals surface area (Å²) in [5.74, 6) is 1.68. The zero-order valence-electron chi connectivity index (χ0n) is 9.82. The van der Waals surface area contributed by atoms with Crippen LogP contribution in [0.3, 0.4) is 0 Å². The predicted octanol–water partition coefficient (Wildman–Crippen LogP) is 1.87. The first-order chi connectivity index (χ1) is 6.52. The third-order valence-electron chi connectivity index (χ3n) is 3.65. The van der Waals surface area contributed by atoms with Crippen molar-refractivity contribution in [1.82, 2.24) is 4.90 Å². The molecule has 1 rings (SSSR count). The van der Waals surface area contributed by atoms with Gasteiger partial charge in [-0.3, -0.25) is 9.11 Å². The molecule has 14 heavy (non-hydrogen) atoms. The van der Waals surface area contributed by atoms with Crippen molar-refractivity contribution >= 4 is 10.8 Å². The average molecular weight is 217 g/mol. The van der Waals surface area contributed by atoms with Crippen LogP contribution in [-0.2, 0) is 10.8 Å². The Labute approximate surface area is 90.5 Å². The lowest BCUT2D eigenvalue weighted by molar-refractivity contribution is 0.108. The lowest BCUT2D eigenvalue weighted by Crippen LogP contribution is -2.45. The highest BCUT2D eigenvalue weighted by Gasteiger charge is 2.28. The number of hydrogen-bond donors (Lipinski definition) is 0. The normalized spacial score (nSPS) is 24.4. The van der Waals surface area contributed by atoms with Crippen molar-refractivity contribution in [2.24, 2.45) is 5.92 Å². The third kappa shape index (κ3) is 3.06. The Morgan fingerprint density at radius 1 is 1.43 bits per heavy atom. The molecule has 3 atom stereocenters. The molecule has 1 aliphatic carbocycles. The summed E-state index contributed by atoms with van der Waals surface area (Å²) in [7, 11) is 1.50. The van der Waals surface area contributed by atoms with Crippen LogP contribution in [0.5, 0.6) is 0 Å². The van der Waals surface area contributed by atoms with Crippen LogP contribution in [0.1, 0.15) is 33.1 Å². The standard InChI is InChI=1S/C11H23NOS/c1-9(8-14(4)13)12(3)10(2)11-6-5-7-11/h9-11H,5-8H2,1-4H3/t9-,10-,14+/m1/s1. The SMILES string of the molecule is C[C@H](C[S@](C)=O)N(C)[C@H](C)C1CCC1. The van der Waals surface area contributed by atoms with E-state index in [2.05, 4.69) is 25.8 Å². The highest BCUT2D eigenvalue weighted by molar-refractivity contribution is 7.84. The van der Waals surface area contributed by atoms with Crippen LogP contribution in [0.2, 0.25) is 0 Å². The summed E-state index contributed by atoms with van der Waals surface area (Å²) in [6.45, 7) is 4.48. The Hall–Kier alpha value is 0.110. The maximum atomic E-state index is 11.1. The van der Waals surface area contributed by atoms with Crippen LogP contribution < -0.4 is 0 Å². The third-order valence-corrected chi connectivity index (χ3v) is 4.60. The van der Waals surface area contributed by atoms with Crippen molar-refractivity contribution in [3.05, 3.63) is 0 Å². The van der Waals surface area contributed by atoms with Gasteiger partial charge < -0.3 is 0 Å². The monoisotopic (exact) mass is 217 g/mol. The lowest BCUT2D eigenvalue weighted by atomic mass is 9.79. The predicted molar refractivity (Wildman–Crippen MR) is 63.0 cm³/mol. The minimum absolute atomic E-state index is 0.441. The van der Waals surface area contributed by atoms with Crippen molar-refractivity contribution in [3.8, 4) is 0 Å². The smallest absolute Gasteiger partial charge is 0.0385 e. The van der Waals surface area contributed by atoms with Crippen LogP contribution in [0, 0.1) is 5.92 Å². The van der Waals surface area contributed by atoms with Gasteiger partial charge in [0, 0.05) is 34.9 Å². The molecular weight excluding hydrogens is 194 g/mol. The first-order valence-corrected chi connectivity index (χ1v) is 7.27. The van der Waals surface area contributed by atoms with E-state index in [1.165, 1.54) is 19.3 Å². The van der Waals surface area contributed by atoms with Crippen molar-refractivity contribution in [1.29, 1.82) is 0 Å². The molecule has 0 aromatic heterocycles. The summed E-state index contributed by atoms with van der Waals surface area (Å²) in [5, 5.41) is 0. The van der Waals surface area contributed by atoms with Gasteiger partial charge in [-0.05, 0) is 39.7 Å². The Bertz CT molecular complexity index is 203. The maximum Gasteiger partial charge on any atom is 0.0385 e. The minimum Gasteiger partial charge on any atom is -0.300 e. The lowest BCUT2D eigenvalue weighted by Gasteiger charge is -2.40. The zero-order chi connectivity index (χ0) is 10.7. The molecule has 0 heterocycles. The van der Waals surface area contributed by atoms with E-state index >= 15 is 0 Å². The molecule has 3 heteroatoms. The molecule has 2 nitrogen and oxygen atoms in total. The molecule has 0 amide bonds. The van der Waals surface area contributed by atoms with E-state index in [0.29, 0.717) is 12.1 Å². The number of nitrogens with zero attached hydrogens (tertiary/aromatic N) is 1. The summed E-state index contributed by atoms with van der Waals surface area (Å²) < 4.78 is 11.1. The summed E-state index contributed by atoms with van der Waals surface area (Å²) >= 11 is 0. The van der Waals surface area contributed by atoms with Gasteiger partial charge in [-0.25, -0.2) is 0 Å².